The fraction of sp³-hybridized carbons (Fsp3) is 0.571. The molecule has 1 aliphatic rings. The van der Waals surface area contributed by atoms with Crippen LogP contribution in [0, 0.1) is 19.8 Å². The van der Waals surface area contributed by atoms with Crippen molar-refractivity contribution in [2.75, 3.05) is 0 Å². The molecule has 0 aliphatic heterocycles. The summed E-state index contributed by atoms with van der Waals surface area (Å²) in [5, 5.41) is 10.2. The van der Waals surface area contributed by atoms with Crippen molar-refractivity contribution < 1.29 is 5.11 Å². The van der Waals surface area contributed by atoms with Gasteiger partial charge in [0.05, 0.1) is 6.10 Å². The summed E-state index contributed by atoms with van der Waals surface area (Å²) in [6, 6.07) is 6.33. The van der Waals surface area contributed by atoms with E-state index in [9.17, 15) is 5.11 Å². The van der Waals surface area contributed by atoms with E-state index >= 15 is 0 Å². The van der Waals surface area contributed by atoms with Crippen LogP contribution in [0.25, 0.3) is 0 Å². The molecule has 1 aromatic carbocycles. The predicted octanol–water partition coefficient (Wildman–Crippen LogP) is 3.53. The third kappa shape index (κ3) is 2.23. The fourth-order valence-corrected chi connectivity index (χ4v) is 2.49. The molecule has 1 aliphatic carbocycles. The molecular weight excluding hydrogens is 184 g/mol. The standard InChI is InChI=1S/C14H20O/c1-10-7-8-13(9-11(10)2)14(15)12-5-3-4-6-12/h7-9,12,14-15H,3-6H2,1-2H3. The summed E-state index contributed by atoms with van der Waals surface area (Å²) in [5.74, 6) is 0.493. The Kier molecular flexibility index (Phi) is 3.11. The fourth-order valence-electron chi connectivity index (χ4n) is 2.49. The Morgan fingerprint density at radius 1 is 1.13 bits per heavy atom. The van der Waals surface area contributed by atoms with Gasteiger partial charge in [-0.2, -0.15) is 0 Å². The van der Waals surface area contributed by atoms with Gasteiger partial charge in [-0.1, -0.05) is 31.0 Å². The summed E-state index contributed by atoms with van der Waals surface area (Å²) >= 11 is 0. The van der Waals surface area contributed by atoms with E-state index < -0.39 is 0 Å². The Balaban J connectivity index is 2.17. The van der Waals surface area contributed by atoms with Crippen LogP contribution in [-0.4, -0.2) is 5.11 Å². The topological polar surface area (TPSA) is 20.2 Å². The van der Waals surface area contributed by atoms with Crippen molar-refractivity contribution in [3.63, 3.8) is 0 Å². The van der Waals surface area contributed by atoms with Gasteiger partial charge in [0.15, 0.2) is 0 Å². The lowest BCUT2D eigenvalue weighted by Gasteiger charge is -2.18. The van der Waals surface area contributed by atoms with E-state index in [0.717, 1.165) is 5.56 Å². The quantitative estimate of drug-likeness (QED) is 0.781. The molecule has 0 amide bonds. The van der Waals surface area contributed by atoms with Crippen LogP contribution in [0.4, 0.5) is 0 Å². The number of aryl methyl sites for hydroxylation is 2. The summed E-state index contributed by atoms with van der Waals surface area (Å²) < 4.78 is 0. The van der Waals surface area contributed by atoms with Crippen molar-refractivity contribution in [1.82, 2.24) is 0 Å². The molecule has 1 nitrogen and oxygen atoms in total. The Hall–Kier alpha value is -0.820. The monoisotopic (exact) mass is 204 g/mol. The highest BCUT2D eigenvalue weighted by atomic mass is 16.3. The van der Waals surface area contributed by atoms with Crippen molar-refractivity contribution in [3.05, 3.63) is 34.9 Å². The average molecular weight is 204 g/mol. The molecule has 15 heavy (non-hydrogen) atoms. The molecule has 1 atom stereocenters. The zero-order valence-electron chi connectivity index (χ0n) is 9.66. The smallest absolute Gasteiger partial charge is 0.0818 e. The Morgan fingerprint density at radius 3 is 2.40 bits per heavy atom. The number of benzene rings is 1. The van der Waals surface area contributed by atoms with E-state index in [-0.39, 0.29) is 6.10 Å². The van der Waals surface area contributed by atoms with Crippen LogP contribution in [0.5, 0.6) is 0 Å². The Bertz CT molecular complexity index is 337. The molecule has 1 fully saturated rings. The molecule has 0 spiro atoms. The third-order valence-corrected chi connectivity index (χ3v) is 3.72. The first-order chi connectivity index (χ1) is 7.18. The van der Waals surface area contributed by atoms with Gasteiger partial charge in [0.2, 0.25) is 0 Å². The molecular formula is C14H20O. The zero-order valence-corrected chi connectivity index (χ0v) is 9.66. The molecule has 0 aromatic heterocycles. The van der Waals surface area contributed by atoms with E-state index in [1.54, 1.807) is 0 Å². The maximum Gasteiger partial charge on any atom is 0.0818 e. The maximum atomic E-state index is 10.2. The van der Waals surface area contributed by atoms with E-state index in [2.05, 4.69) is 32.0 Å². The third-order valence-electron chi connectivity index (χ3n) is 3.72. The molecule has 0 bridgehead atoms. The summed E-state index contributed by atoms with van der Waals surface area (Å²) in [6.45, 7) is 4.22. The second-order valence-electron chi connectivity index (χ2n) is 4.83. The highest BCUT2D eigenvalue weighted by Crippen LogP contribution is 2.35. The molecule has 1 saturated carbocycles. The number of aliphatic hydroxyl groups excluding tert-OH is 1. The molecule has 0 radical (unpaired) electrons. The summed E-state index contributed by atoms with van der Waals surface area (Å²) in [7, 11) is 0. The minimum absolute atomic E-state index is 0.244. The van der Waals surface area contributed by atoms with Crippen LogP contribution < -0.4 is 0 Å². The van der Waals surface area contributed by atoms with E-state index in [1.165, 1.54) is 36.8 Å². The van der Waals surface area contributed by atoms with Crippen LogP contribution in [0.15, 0.2) is 18.2 Å². The second-order valence-corrected chi connectivity index (χ2v) is 4.83. The molecule has 1 N–H and O–H groups in total. The maximum absolute atomic E-state index is 10.2. The summed E-state index contributed by atoms with van der Waals surface area (Å²) in [4.78, 5) is 0. The summed E-state index contributed by atoms with van der Waals surface area (Å²) in [6.07, 6.45) is 4.70. The first kappa shape index (κ1) is 10.7. The lowest BCUT2D eigenvalue weighted by atomic mass is 9.92. The van der Waals surface area contributed by atoms with Crippen molar-refractivity contribution in [2.45, 2.75) is 45.6 Å². The van der Waals surface area contributed by atoms with Crippen LogP contribution in [0.3, 0.4) is 0 Å². The van der Waals surface area contributed by atoms with Gasteiger partial charge in [0.1, 0.15) is 0 Å². The highest BCUT2D eigenvalue weighted by molar-refractivity contribution is 5.31. The largest absolute Gasteiger partial charge is 0.388 e. The molecule has 1 unspecified atom stereocenters. The average Bonchev–Trinajstić information content (AvgIpc) is 2.74. The SMILES string of the molecule is Cc1ccc(C(O)C2CCCC2)cc1C. The number of hydrogen-bond donors (Lipinski definition) is 1. The summed E-state index contributed by atoms with van der Waals surface area (Å²) in [5.41, 5.74) is 3.69. The van der Waals surface area contributed by atoms with Crippen molar-refractivity contribution in [2.24, 2.45) is 5.92 Å². The van der Waals surface area contributed by atoms with Crippen LogP contribution in [0.2, 0.25) is 0 Å². The lowest BCUT2D eigenvalue weighted by molar-refractivity contribution is 0.111. The number of hydrogen-bond acceptors (Lipinski definition) is 1. The van der Waals surface area contributed by atoms with E-state index in [0.29, 0.717) is 5.92 Å². The first-order valence-electron chi connectivity index (χ1n) is 5.93. The van der Waals surface area contributed by atoms with Gasteiger partial charge < -0.3 is 5.11 Å². The Morgan fingerprint density at radius 2 is 1.80 bits per heavy atom. The minimum atomic E-state index is -0.244. The van der Waals surface area contributed by atoms with Crippen molar-refractivity contribution in [1.29, 1.82) is 0 Å². The molecule has 2 rings (SSSR count). The van der Waals surface area contributed by atoms with Crippen LogP contribution >= 0.6 is 0 Å². The van der Waals surface area contributed by atoms with Crippen molar-refractivity contribution in [3.8, 4) is 0 Å². The van der Waals surface area contributed by atoms with Gasteiger partial charge in [-0.15, -0.1) is 0 Å². The number of aliphatic hydroxyl groups is 1. The molecule has 0 heterocycles. The van der Waals surface area contributed by atoms with E-state index in [1.807, 2.05) is 0 Å². The van der Waals surface area contributed by atoms with Gasteiger partial charge in [0.25, 0.3) is 0 Å². The molecule has 0 saturated heterocycles. The van der Waals surface area contributed by atoms with Crippen molar-refractivity contribution >= 4 is 0 Å². The van der Waals surface area contributed by atoms with Gasteiger partial charge in [-0.05, 0) is 49.3 Å². The zero-order chi connectivity index (χ0) is 10.8. The predicted molar refractivity (Wildman–Crippen MR) is 62.8 cm³/mol. The van der Waals surface area contributed by atoms with Gasteiger partial charge >= 0.3 is 0 Å². The van der Waals surface area contributed by atoms with Gasteiger partial charge in [-0.25, -0.2) is 0 Å². The molecule has 82 valence electrons. The lowest BCUT2D eigenvalue weighted by Crippen LogP contribution is -2.09. The van der Waals surface area contributed by atoms with Crippen LogP contribution in [-0.2, 0) is 0 Å². The molecule has 1 heteroatoms. The normalized spacial score (nSPS) is 19.4. The first-order valence-corrected chi connectivity index (χ1v) is 5.93. The van der Waals surface area contributed by atoms with Gasteiger partial charge in [0, 0.05) is 0 Å². The molecule has 1 aromatic rings. The highest BCUT2D eigenvalue weighted by Gasteiger charge is 2.24. The second kappa shape index (κ2) is 4.36. The Labute approximate surface area is 92.1 Å². The van der Waals surface area contributed by atoms with Gasteiger partial charge in [-0.3, -0.25) is 0 Å². The minimum Gasteiger partial charge on any atom is -0.388 e. The van der Waals surface area contributed by atoms with E-state index in [4.69, 9.17) is 0 Å². The van der Waals surface area contributed by atoms with Crippen LogP contribution in [0.1, 0.15) is 48.5 Å². The number of rotatable bonds is 2.